The lowest BCUT2D eigenvalue weighted by Crippen LogP contribution is -2.32. The van der Waals surface area contributed by atoms with E-state index in [4.69, 9.17) is 14.2 Å². The predicted octanol–water partition coefficient (Wildman–Crippen LogP) is 1.30. The maximum absolute atomic E-state index is 5.39. The highest BCUT2D eigenvalue weighted by atomic mass is 16.7. The van der Waals surface area contributed by atoms with Crippen LogP contribution in [0, 0.1) is 0 Å². The smallest absolute Gasteiger partial charge is 0.155 e. The minimum Gasteiger partial charge on any atom is -0.499 e. The van der Waals surface area contributed by atoms with Crippen LogP contribution in [0.5, 0.6) is 0 Å². The fraction of sp³-hybridized carbons (Fsp3) is 0.750. The lowest BCUT2D eigenvalue weighted by atomic mass is 10.2. The van der Waals surface area contributed by atoms with Crippen LogP contribution in [0.25, 0.3) is 0 Å². The van der Waals surface area contributed by atoms with E-state index in [1.807, 2.05) is 6.92 Å². The van der Waals surface area contributed by atoms with Crippen LogP contribution in [0.15, 0.2) is 12.8 Å². The maximum Gasteiger partial charge on any atom is 0.155 e. The molecule has 1 fully saturated rings. The van der Waals surface area contributed by atoms with Crippen LogP contribution < -0.4 is 0 Å². The van der Waals surface area contributed by atoms with Gasteiger partial charge in [0.25, 0.3) is 0 Å². The average molecular weight is 158 g/mol. The minimum absolute atomic E-state index is 0.0952. The van der Waals surface area contributed by atoms with Gasteiger partial charge >= 0.3 is 0 Å². The van der Waals surface area contributed by atoms with Gasteiger partial charge in [0.15, 0.2) is 6.29 Å². The molecule has 0 N–H and O–H groups in total. The molecule has 0 amide bonds. The zero-order valence-electron chi connectivity index (χ0n) is 6.79. The van der Waals surface area contributed by atoms with Crippen LogP contribution in [0.2, 0.25) is 0 Å². The zero-order valence-corrected chi connectivity index (χ0v) is 6.79. The van der Waals surface area contributed by atoms with Gasteiger partial charge in [-0.15, -0.1) is 0 Å². The van der Waals surface area contributed by atoms with E-state index in [-0.39, 0.29) is 12.4 Å². The summed E-state index contributed by atoms with van der Waals surface area (Å²) in [5.74, 6) is 0. The second-order valence-electron chi connectivity index (χ2n) is 2.49. The summed E-state index contributed by atoms with van der Waals surface area (Å²) in [5.41, 5.74) is 0. The fourth-order valence-electron chi connectivity index (χ4n) is 1.04. The quantitative estimate of drug-likeness (QED) is 0.579. The molecule has 64 valence electrons. The van der Waals surface area contributed by atoms with Gasteiger partial charge in [0, 0.05) is 6.42 Å². The molecule has 0 aromatic rings. The van der Waals surface area contributed by atoms with Gasteiger partial charge < -0.3 is 14.2 Å². The van der Waals surface area contributed by atoms with Gasteiger partial charge in [-0.1, -0.05) is 6.58 Å². The Hall–Kier alpha value is -0.540. The van der Waals surface area contributed by atoms with Crippen molar-refractivity contribution >= 4 is 0 Å². The Morgan fingerprint density at radius 2 is 2.55 bits per heavy atom. The van der Waals surface area contributed by atoms with E-state index in [0.29, 0.717) is 6.61 Å². The molecule has 0 bridgehead atoms. The first-order valence-corrected chi connectivity index (χ1v) is 3.82. The van der Waals surface area contributed by atoms with Crippen molar-refractivity contribution < 1.29 is 14.2 Å². The van der Waals surface area contributed by atoms with E-state index in [9.17, 15) is 0 Å². The summed E-state index contributed by atoms with van der Waals surface area (Å²) in [5, 5.41) is 0. The molecule has 11 heavy (non-hydrogen) atoms. The van der Waals surface area contributed by atoms with Crippen molar-refractivity contribution in [3.05, 3.63) is 12.8 Å². The number of ether oxygens (including phenoxy) is 3. The molecule has 0 saturated carbocycles. The summed E-state index contributed by atoms with van der Waals surface area (Å²) in [4.78, 5) is 0. The SMILES string of the molecule is C=COCC1CCOC(C)O1. The van der Waals surface area contributed by atoms with E-state index < -0.39 is 0 Å². The Balaban J connectivity index is 2.17. The Kier molecular flexibility index (Phi) is 3.39. The first kappa shape index (κ1) is 8.56. The lowest BCUT2D eigenvalue weighted by Gasteiger charge is -2.27. The summed E-state index contributed by atoms with van der Waals surface area (Å²) >= 11 is 0. The Labute approximate surface area is 66.9 Å². The third kappa shape index (κ3) is 2.91. The Morgan fingerprint density at radius 1 is 1.73 bits per heavy atom. The Morgan fingerprint density at radius 3 is 3.18 bits per heavy atom. The molecule has 0 radical (unpaired) electrons. The van der Waals surface area contributed by atoms with Gasteiger partial charge in [-0.2, -0.15) is 0 Å². The summed E-state index contributed by atoms with van der Waals surface area (Å²) < 4.78 is 15.6. The molecule has 3 nitrogen and oxygen atoms in total. The number of hydrogen-bond acceptors (Lipinski definition) is 3. The second kappa shape index (κ2) is 4.36. The van der Waals surface area contributed by atoms with Crippen LogP contribution in [0.1, 0.15) is 13.3 Å². The monoisotopic (exact) mass is 158 g/mol. The highest BCUT2D eigenvalue weighted by molar-refractivity contribution is 4.63. The van der Waals surface area contributed by atoms with Crippen LogP contribution in [0.4, 0.5) is 0 Å². The lowest BCUT2D eigenvalue weighted by molar-refractivity contribution is -0.210. The first-order chi connectivity index (χ1) is 5.33. The summed E-state index contributed by atoms with van der Waals surface area (Å²) in [7, 11) is 0. The van der Waals surface area contributed by atoms with Crippen molar-refractivity contribution in [2.75, 3.05) is 13.2 Å². The van der Waals surface area contributed by atoms with Crippen molar-refractivity contribution in [2.45, 2.75) is 25.7 Å². The van der Waals surface area contributed by atoms with Crippen LogP contribution >= 0.6 is 0 Å². The molecule has 0 aliphatic carbocycles. The van der Waals surface area contributed by atoms with Crippen molar-refractivity contribution in [3.8, 4) is 0 Å². The Bertz CT molecular complexity index is 125. The predicted molar refractivity (Wildman–Crippen MR) is 41.1 cm³/mol. The van der Waals surface area contributed by atoms with E-state index in [1.165, 1.54) is 6.26 Å². The average Bonchev–Trinajstić information content (AvgIpc) is 2.01. The van der Waals surface area contributed by atoms with Gasteiger partial charge in [0.1, 0.15) is 6.61 Å². The van der Waals surface area contributed by atoms with Gasteiger partial charge in [0.05, 0.1) is 19.0 Å². The van der Waals surface area contributed by atoms with Gasteiger partial charge in [-0.3, -0.25) is 0 Å². The molecule has 0 aromatic heterocycles. The fourth-order valence-corrected chi connectivity index (χ4v) is 1.04. The van der Waals surface area contributed by atoms with E-state index in [2.05, 4.69) is 6.58 Å². The molecule has 1 saturated heterocycles. The van der Waals surface area contributed by atoms with Crippen molar-refractivity contribution in [1.82, 2.24) is 0 Å². The van der Waals surface area contributed by atoms with Gasteiger partial charge in [-0.25, -0.2) is 0 Å². The molecule has 1 aliphatic heterocycles. The number of hydrogen-bond donors (Lipinski definition) is 0. The third-order valence-electron chi connectivity index (χ3n) is 1.58. The molecule has 2 unspecified atom stereocenters. The molecule has 0 spiro atoms. The molecule has 1 aliphatic rings. The maximum atomic E-state index is 5.39. The normalized spacial score (nSPS) is 31.4. The van der Waals surface area contributed by atoms with Crippen LogP contribution in [0.3, 0.4) is 0 Å². The summed E-state index contributed by atoms with van der Waals surface area (Å²) in [6.07, 6.45) is 2.40. The summed E-state index contributed by atoms with van der Waals surface area (Å²) in [6.45, 7) is 6.68. The topological polar surface area (TPSA) is 27.7 Å². The molecular weight excluding hydrogens is 144 g/mol. The third-order valence-corrected chi connectivity index (χ3v) is 1.58. The first-order valence-electron chi connectivity index (χ1n) is 3.82. The molecule has 1 rings (SSSR count). The highest BCUT2D eigenvalue weighted by Gasteiger charge is 2.19. The minimum atomic E-state index is -0.0952. The zero-order chi connectivity index (χ0) is 8.10. The van der Waals surface area contributed by atoms with Crippen molar-refractivity contribution in [3.63, 3.8) is 0 Å². The standard InChI is InChI=1S/C8H14O3/c1-3-9-6-8-4-5-10-7(2)11-8/h3,7-8H,1,4-6H2,2H3. The highest BCUT2D eigenvalue weighted by Crippen LogP contribution is 2.11. The molecule has 1 heterocycles. The van der Waals surface area contributed by atoms with Crippen molar-refractivity contribution in [1.29, 1.82) is 0 Å². The molecule has 3 heteroatoms. The van der Waals surface area contributed by atoms with E-state index in [1.54, 1.807) is 0 Å². The molecule has 2 atom stereocenters. The van der Waals surface area contributed by atoms with Crippen molar-refractivity contribution in [2.24, 2.45) is 0 Å². The van der Waals surface area contributed by atoms with E-state index in [0.717, 1.165) is 13.0 Å². The molecular formula is C8H14O3. The molecule has 0 aromatic carbocycles. The summed E-state index contributed by atoms with van der Waals surface area (Å²) in [6, 6.07) is 0. The largest absolute Gasteiger partial charge is 0.499 e. The van der Waals surface area contributed by atoms with Crippen LogP contribution in [-0.4, -0.2) is 25.6 Å². The van der Waals surface area contributed by atoms with E-state index >= 15 is 0 Å². The van der Waals surface area contributed by atoms with Gasteiger partial charge in [0.2, 0.25) is 0 Å². The number of rotatable bonds is 3. The van der Waals surface area contributed by atoms with Gasteiger partial charge in [-0.05, 0) is 6.92 Å². The second-order valence-corrected chi connectivity index (χ2v) is 2.49. The van der Waals surface area contributed by atoms with Crippen LogP contribution in [-0.2, 0) is 14.2 Å².